The van der Waals surface area contributed by atoms with E-state index in [0.29, 0.717) is 0 Å². The van der Waals surface area contributed by atoms with Gasteiger partial charge in [-0.15, -0.1) is 0 Å². The molecule has 0 amide bonds. The third-order valence-corrected chi connectivity index (χ3v) is 2.76. The van der Waals surface area contributed by atoms with E-state index in [1.165, 1.54) is 0 Å². The van der Waals surface area contributed by atoms with Crippen molar-refractivity contribution in [1.82, 2.24) is 9.97 Å². The molecule has 0 unspecified atom stereocenters. The van der Waals surface area contributed by atoms with E-state index < -0.39 is 0 Å². The van der Waals surface area contributed by atoms with Crippen molar-refractivity contribution in [3.8, 4) is 0 Å². The summed E-state index contributed by atoms with van der Waals surface area (Å²) in [5, 5.41) is 1.55. The third-order valence-electron chi connectivity index (χ3n) is 1.69. The first-order valence-electron chi connectivity index (χ1n) is 3.64. The van der Waals surface area contributed by atoms with Gasteiger partial charge in [-0.25, -0.2) is 0 Å². The van der Waals surface area contributed by atoms with Crippen molar-refractivity contribution in [1.29, 1.82) is 0 Å². The molecule has 4 heteroatoms. The number of aryl methyl sites for hydroxylation is 2. The van der Waals surface area contributed by atoms with Gasteiger partial charge in [0.05, 0.1) is 22.8 Å². The largest absolute Gasteiger partial charge is 0.253 e. The molecule has 0 bridgehead atoms. The lowest BCUT2D eigenvalue weighted by molar-refractivity contribution is 0.948. The normalized spacial score (nSPS) is 10.3. The fraction of sp³-hybridized carbons (Fsp3) is 0.500. The zero-order valence-electron chi connectivity index (χ0n) is 7.06. The van der Waals surface area contributed by atoms with Crippen LogP contribution >= 0.6 is 31.9 Å². The SMILES string of the molecule is Cc1nc(CBr)c(C)nc1CBr. The van der Waals surface area contributed by atoms with Crippen LogP contribution in [0.15, 0.2) is 0 Å². The van der Waals surface area contributed by atoms with E-state index in [1.807, 2.05) is 13.8 Å². The predicted molar refractivity (Wildman–Crippen MR) is 56.8 cm³/mol. The van der Waals surface area contributed by atoms with Crippen molar-refractivity contribution in [2.24, 2.45) is 0 Å². The van der Waals surface area contributed by atoms with Gasteiger partial charge < -0.3 is 0 Å². The van der Waals surface area contributed by atoms with Crippen molar-refractivity contribution < 1.29 is 0 Å². The minimum absolute atomic E-state index is 0.773. The number of hydrogen-bond acceptors (Lipinski definition) is 2. The lowest BCUT2D eigenvalue weighted by atomic mass is 10.3. The van der Waals surface area contributed by atoms with Gasteiger partial charge in [-0.2, -0.15) is 0 Å². The van der Waals surface area contributed by atoms with Crippen molar-refractivity contribution in [3.05, 3.63) is 22.8 Å². The zero-order chi connectivity index (χ0) is 9.14. The van der Waals surface area contributed by atoms with Gasteiger partial charge in [-0.3, -0.25) is 9.97 Å². The van der Waals surface area contributed by atoms with Crippen LogP contribution in [-0.4, -0.2) is 9.97 Å². The van der Waals surface area contributed by atoms with Crippen LogP contribution in [0.5, 0.6) is 0 Å². The van der Waals surface area contributed by atoms with E-state index in [1.54, 1.807) is 0 Å². The Morgan fingerprint density at radius 3 is 1.50 bits per heavy atom. The predicted octanol–water partition coefficient (Wildman–Crippen LogP) is 2.88. The van der Waals surface area contributed by atoms with Crippen LogP contribution in [-0.2, 0) is 10.7 Å². The molecule has 0 N–H and O–H groups in total. The molecular formula is C8H10Br2N2. The van der Waals surface area contributed by atoms with Gasteiger partial charge in [0.25, 0.3) is 0 Å². The van der Waals surface area contributed by atoms with Crippen LogP contribution in [0, 0.1) is 13.8 Å². The molecule has 0 radical (unpaired) electrons. The number of nitrogens with zero attached hydrogens (tertiary/aromatic N) is 2. The maximum absolute atomic E-state index is 4.42. The van der Waals surface area contributed by atoms with Gasteiger partial charge in [0.2, 0.25) is 0 Å². The number of halogens is 2. The molecule has 0 fully saturated rings. The molecular weight excluding hydrogens is 284 g/mol. The molecule has 66 valence electrons. The molecule has 0 saturated carbocycles. The van der Waals surface area contributed by atoms with Gasteiger partial charge in [0.15, 0.2) is 0 Å². The molecule has 0 aliphatic carbocycles. The lowest BCUT2D eigenvalue weighted by Crippen LogP contribution is -2.02. The lowest BCUT2D eigenvalue weighted by Gasteiger charge is -2.05. The summed E-state index contributed by atoms with van der Waals surface area (Å²) in [6.45, 7) is 3.96. The summed E-state index contributed by atoms with van der Waals surface area (Å²) in [4.78, 5) is 8.85. The Hall–Kier alpha value is 0.0400. The fourth-order valence-electron chi connectivity index (χ4n) is 0.949. The van der Waals surface area contributed by atoms with Gasteiger partial charge in [-0.1, -0.05) is 31.9 Å². The summed E-state index contributed by atoms with van der Waals surface area (Å²) in [6.07, 6.45) is 0. The second-order valence-corrected chi connectivity index (χ2v) is 3.68. The molecule has 1 rings (SSSR count). The van der Waals surface area contributed by atoms with E-state index in [9.17, 15) is 0 Å². The molecule has 0 aliphatic heterocycles. The highest BCUT2D eigenvalue weighted by molar-refractivity contribution is 9.08. The van der Waals surface area contributed by atoms with Crippen molar-refractivity contribution in [3.63, 3.8) is 0 Å². The van der Waals surface area contributed by atoms with Crippen LogP contribution in [0.1, 0.15) is 22.8 Å². The summed E-state index contributed by atoms with van der Waals surface area (Å²) >= 11 is 6.75. The number of alkyl halides is 2. The number of aromatic nitrogens is 2. The van der Waals surface area contributed by atoms with Gasteiger partial charge in [-0.05, 0) is 13.8 Å². The summed E-state index contributed by atoms with van der Waals surface area (Å²) < 4.78 is 0. The van der Waals surface area contributed by atoms with Crippen molar-refractivity contribution in [2.45, 2.75) is 24.5 Å². The first-order valence-corrected chi connectivity index (χ1v) is 5.88. The number of rotatable bonds is 2. The summed E-state index contributed by atoms with van der Waals surface area (Å²) in [6, 6.07) is 0. The van der Waals surface area contributed by atoms with Crippen LogP contribution in [0.3, 0.4) is 0 Å². The minimum atomic E-state index is 0.773. The van der Waals surface area contributed by atoms with Crippen LogP contribution in [0.2, 0.25) is 0 Å². The standard InChI is InChI=1S/C8H10Br2N2/c1-5-7(3-9)12-6(2)8(4-10)11-5/h3-4H2,1-2H3. The molecule has 0 saturated heterocycles. The average molecular weight is 294 g/mol. The van der Waals surface area contributed by atoms with Gasteiger partial charge in [0.1, 0.15) is 0 Å². The van der Waals surface area contributed by atoms with Crippen LogP contribution < -0.4 is 0 Å². The Labute approximate surface area is 89.1 Å². The molecule has 1 aromatic heterocycles. The molecule has 12 heavy (non-hydrogen) atoms. The van der Waals surface area contributed by atoms with E-state index >= 15 is 0 Å². The zero-order valence-corrected chi connectivity index (χ0v) is 10.2. The molecule has 2 nitrogen and oxygen atoms in total. The molecule has 1 heterocycles. The summed E-state index contributed by atoms with van der Waals surface area (Å²) in [5.41, 5.74) is 4.06. The first kappa shape index (κ1) is 10.1. The Bertz CT molecular complexity index is 257. The van der Waals surface area contributed by atoms with E-state index in [2.05, 4.69) is 41.8 Å². The second kappa shape index (κ2) is 4.33. The maximum atomic E-state index is 4.42. The Balaban J connectivity index is 3.16. The maximum Gasteiger partial charge on any atom is 0.0724 e. The Morgan fingerprint density at radius 1 is 0.917 bits per heavy atom. The summed E-state index contributed by atoms with van der Waals surface area (Å²) in [5.74, 6) is 0. The highest BCUT2D eigenvalue weighted by Gasteiger charge is 2.05. The minimum Gasteiger partial charge on any atom is -0.253 e. The Kier molecular flexibility index (Phi) is 3.65. The quantitative estimate of drug-likeness (QED) is 0.784. The fourth-order valence-corrected chi connectivity index (χ4v) is 2.01. The third kappa shape index (κ3) is 2.04. The van der Waals surface area contributed by atoms with Crippen molar-refractivity contribution in [2.75, 3.05) is 0 Å². The summed E-state index contributed by atoms with van der Waals surface area (Å²) in [7, 11) is 0. The van der Waals surface area contributed by atoms with Crippen LogP contribution in [0.25, 0.3) is 0 Å². The molecule has 0 aliphatic rings. The monoisotopic (exact) mass is 292 g/mol. The Morgan fingerprint density at radius 2 is 1.25 bits per heavy atom. The van der Waals surface area contributed by atoms with Gasteiger partial charge >= 0.3 is 0 Å². The average Bonchev–Trinajstić information content (AvgIpc) is 2.08. The number of hydrogen-bond donors (Lipinski definition) is 0. The molecule has 0 aromatic carbocycles. The van der Waals surface area contributed by atoms with Crippen molar-refractivity contribution >= 4 is 31.9 Å². The van der Waals surface area contributed by atoms with Gasteiger partial charge in [0, 0.05) is 10.7 Å². The van der Waals surface area contributed by atoms with E-state index in [-0.39, 0.29) is 0 Å². The highest BCUT2D eigenvalue weighted by Crippen LogP contribution is 2.12. The molecule has 0 spiro atoms. The van der Waals surface area contributed by atoms with Crippen LogP contribution in [0.4, 0.5) is 0 Å². The highest BCUT2D eigenvalue weighted by atomic mass is 79.9. The van der Waals surface area contributed by atoms with E-state index in [4.69, 9.17) is 0 Å². The molecule has 0 atom stereocenters. The topological polar surface area (TPSA) is 25.8 Å². The first-order chi connectivity index (χ1) is 5.69. The molecule has 1 aromatic rings. The second-order valence-electron chi connectivity index (χ2n) is 2.56. The smallest absolute Gasteiger partial charge is 0.0724 e. The van der Waals surface area contributed by atoms with E-state index in [0.717, 1.165) is 33.4 Å².